The third-order valence-electron chi connectivity index (χ3n) is 2.92. The molecule has 0 radical (unpaired) electrons. The minimum atomic E-state index is -3.24. The summed E-state index contributed by atoms with van der Waals surface area (Å²) in [6.45, 7) is 4.35. The molecular formula is C12H15NO2S. The van der Waals surface area contributed by atoms with E-state index >= 15 is 0 Å². The van der Waals surface area contributed by atoms with Crippen LogP contribution in [0.2, 0.25) is 0 Å². The molecule has 1 aromatic carbocycles. The maximum atomic E-state index is 11.9. The highest BCUT2D eigenvalue weighted by atomic mass is 32.2. The van der Waals surface area contributed by atoms with Gasteiger partial charge in [-0.2, -0.15) is 0 Å². The molecule has 1 unspecified atom stereocenters. The van der Waals surface area contributed by atoms with E-state index in [1.54, 1.807) is 6.07 Å². The number of aryl methyl sites for hydroxylation is 1. The lowest BCUT2D eigenvalue weighted by atomic mass is 9.95. The lowest BCUT2D eigenvalue weighted by molar-refractivity contribution is 0.605. The van der Waals surface area contributed by atoms with Gasteiger partial charge in [-0.25, -0.2) is 8.42 Å². The van der Waals surface area contributed by atoms with Gasteiger partial charge in [-0.1, -0.05) is 24.6 Å². The first-order valence-corrected chi connectivity index (χ1v) is 6.78. The van der Waals surface area contributed by atoms with E-state index in [1.165, 1.54) is 5.41 Å². The molecule has 1 aromatic rings. The molecule has 0 saturated heterocycles. The van der Waals surface area contributed by atoms with Crippen LogP contribution in [-0.4, -0.2) is 15.0 Å². The molecule has 0 spiro atoms. The third-order valence-corrected chi connectivity index (χ3v) is 4.45. The summed E-state index contributed by atoms with van der Waals surface area (Å²) in [5.74, 6) is 0.0674. The van der Waals surface area contributed by atoms with Gasteiger partial charge in [0.15, 0.2) is 0 Å². The van der Waals surface area contributed by atoms with Crippen molar-refractivity contribution < 1.29 is 8.42 Å². The van der Waals surface area contributed by atoms with Gasteiger partial charge in [-0.3, -0.25) is 0 Å². The summed E-state index contributed by atoms with van der Waals surface area (Å²) in [5.41, 5.74) is 8.31. The average molecular weight is 237 g/mol. The van der Waals surface area contributed by atoms with E-state index < -0.39 is 9.84 Å². The Morgan fingerprint density at radius 3 is 2.69 bits per heavy atom. The van der Waals surface area contributed by atoms with E-state index in [9.17, 15) is 8.42 Å². The monoisotopic (exact) mass is 237 g/mol. The van der Waals surface area contributed by atoms with Crippen molar-refractivity contribution in [3.8, 4) is 0 Å². The largest absolute Gasteiger partial charge is 0.330 e. The van der Waals surface area contributed by atoms with Gasteiger partial charge in [0.05, 0.1) is 4.90 Å². The van der Waals surface area contributed by atoms with Crippen LogP contribution in [0.1, 0.15) is 18.1 Å². The molecule has 0 saturated carbocycles. The second-order valence-corrected chi connectivity index (χ2v) is 6.02. The molecule has 0 amide bonds. The summed E-state index contributed by atoms with van der Waals surface area (Å²) < 4.78 is 23.8. The number of hydrogen-bond acceptors (Lipinski definition) is 3. The number of sulfone groups is 1. The Balaban J connectivity index is 2.66. The minimum absolute atomic E-state index is 0.0674. The van der Waals surface area contributed by atoms with Gasteiger partial charge in [0.25, 0.3) is 0 Å². The van der Waals surface area contributed by atoms with E-state index in [0.29, 0.717) is 11.4 Å². The van der Waals surface area contributed by atoms with Crippen LogP contribution >= 0.6 is 0 Å². The molecule has 0 aliphatic carbocycles. The first kappa shape index (κ1) is 11.4. The Bertz CT molecular complexity index is 558. The molecule has 0 bridgehead atoms. The highest BCUT2D eigenvalue weighted by molar-refractivity contribution is 7.95. The second kappa shape index (κ2) is 3.71. The quantitative estimate of drug-likeness (QED) is 0.852. The number of rotatable bonds is 2. The van der Waals surface area contributed by atoms with Crippen LogP contribution in [0.25, 0.3) is 5.57 Å². The van der Waals surface area contributed by atoms with Gasteiger partial charge in [0.1, 0.15) is 0 Å². The first-order chi connectivity index (χ1) is 7.45. The molecule has 1 atom stereocenters. The number of hydrogen-bond donors (Lipinski definition) is 1. The van der Waals surface area contributed by atoms with Crippen LogP contribution in [-0.2, 0) is 9.84 Å². The summed E-state index contributed by atoms with van der Waals surface area (Å²) in [5, 5.41) is 1.36. The molecule has 1 heterocycles. The zero-order chi connectivity index (χ0) is 11.9. The Morgan fingerprint density at radius 2 is 2.06 bits per heavy atom. The fourth-order valence-electron chi connectivity index (χ4n) is 1.92. The van der Waals surface area contributed by atoms with Crippen molar-refractivity contribution >= 4 is 15.4 Å². The lowest BCUT2D eigenvalue weighted by Gasteiger charge is -2.11. The van der Waals surface area contributed by atoms with Crippen LogP contribution in [0.3, 0.4) is 0 Å². The fraction of sp³-hybridized carbons (Fsp3) is 0.333. The van der Waals surface area contributed by atoms with Crippen molar-refractivity contribution in [1.82, 2.24) is 0 Å². The van der Waals surface area contributed by atoms with Gasteiger partial charge in [0.2, 0.25) is 9.84 Å². The van der Waals surface area contributed by atoms with Gasteiger partial charge < -0.3 is 5.73 Å². The van der Waals surface area contributed by atoms with Crippen molar-refractivity contribution in [1.29, 1.82) is 0 Å². The van der Waals surface area contributed by atoms with Crippen LogP contribution in [0, 0.1) is 12.8 Å². The fourth-order valence-corrected chi connectivity index (χ4v) is 3.48. The highest BCUT2D eigenvalue weighted by Crippen LogP contribution is 2.37. The topological polar surface area (TPSA) is 60.2 Å². The minimum Gasteiger partial charge on any atom is -0.330 e. The Kier molecular flexibility index (Phi) is 2.64. The normalized spacial score (nSPS) is 19.1. The van der Waals surface area contributed by atoms with Crippen LogP contribution in [0.5, 0.6) is 0 Å². The molecule has 2 N–H and O–H groups in total. The van der Waals surface area contributed by atoms with Crippen LogP contribution < -0.4 is 5.73 Å². The second-order valence-electron chi connectivity index (χ2n) is 4.25. The lowest BCUT2D eigenvalue weighted by Crippen LogP contribution is -2.11. The SMILES string of the molecule is Cc1ccc2c(c1)C(C(C)CN)=CS2(=O)=O. The van der Waals surface area contributed by atoms with Crippen molar-refractivity contribution in [3.63, 3.8) is 0 Å². The zero-order valence-electron chi connectivity index (χ0n) is 9.40. The Hall–Kier alpha value is -1.13. The molecule has 86 valence electrons. The van der Waals surface area contributed by atoms with E-state index in [0.717, 1.165) is 16.7 Å². The third kappa shape index (κ3) is 1.68. The predicted molar refractivity (Wildman–Crippen MR) is 64.6 cm³/mol. The number of fused-ring (bicyclic) bond motifs is 1. The Labute approximate surface area is 95.9 Å². The van der Waals surface area contributed by atoms with E-state index in [4.69, 9.17) is 5.73 Å². The van der Waals surface area contributed by atoms with Crippen molar-refractivity contribution in [2.24, 2.45) is 11.7 Å². The molecule has 4 heteroatoms. The summed E-state index contributed by atoms with van der Waals surface area (Å²) >= 11 is 0. The molecule has 2 rings (SSSR count). The highest BCUT2D eigenvalue weighted by Gasteiger charge is 2.28. The van der Waals surface area contributed by atoms with E-state index in [-0.39, 0.29) is 5.92 Å². The average Bonchev–Trinajstić information content (AvgIpc) is 2.49. The summed E-state index contributed by atoms with van der Waals surface area (Å²) in [6, 6.07) is 5.41. The molecule has 1 aliphatic rings. The van der Waals surface area contributed by atoms with Crippen molar-refractivity contribution in [2.75, 3.05) is 6.54 Å². The van der Waals surface area contributed by atoms with Crippen molar-refractivity contribution in [3.05, 3.63) is 34.7 Å². The Morgan fingerprint density at radius 1 is 1.38 bits per heavy atom. The summed E-state index contributed by atoms with van der Waals surface area (Å²) in [6.07, 6.45) is 0. The predicted octanol–water partition coefficient (Wildman–Crippen LogP) is 1.72. The first-order valence-electron chi connectivity index (χ1n) is 5.23. The standard InChI is InChI=1S/C12H15NO2S/c1-8-3-4-12-10(5-8)11(9(2)6-13)7-16(12,14)15/h3-5,7,9H,6,13H2,1-2H3. The smallest absolute Gasteiger partial charge is 0.200 e. The molecular weight excluding hydrogens is 222 g/mol. The number of benzene rings is 1. The van der Waals surface area contributed by atoms with Gasteiger partial charge >= 0.3 is 0 Å². The van der Waals surface area contributed by atoms with E-state index in [1.807, 2.05) is 26.0 Å². The maximum Gasteiger partial charge on any atom is 0.200 e. The van der Waals surface area contributed by atoms with Gasteiger partial charge in [-0.05, 0) is 36.6 Å². The van der Waals surface area contributed by atoms with Crippen molar-refractivity contribution in [2.45, 2.75) is 18.7 Å². The summed E-state index contributed by atoms with van der Waals surface area (Å²) in [7, 11) is -3.24. The van der Waals surface area contributed by atoms with Gasteiger partial charge in [0, 0.05) is 5.41 Å². The molecule has 3 nitrogen and oxygen atoms in total. The zero-order valence-corrected chi connectivity index (χ0v) is 10.2. The van der Waals surface area contributed by atoms with Gasteiger partial charge in [-0.15, -0.1) is 0 Å². The van der Waals surface area contributed by atoms with Crippen LogP contribution in [0.4, 0.5) is 0 Å². The van der Waals surface area contributed by atoms with E-state index in [2.05, 4.69) is 0 Å². The maximum absolute atomic E-state index is 11.9. The molecule has 0 aromatic heterocycles. The molecule has 0 fully saturated rings. The summed E-state index contributed by atoms with van der Waals surface area (Å²) in [4.78, 5) is 0.411. The van der Waals surface area contributed by atoms with Crippen LogP contribution in [0.15, 0.2) is 28.5 Å². The molecule has 1 aliphatic heterocycles. The number of nitrogens with two attached hydrogens (primary N) is 1. The molecule has 16 heavy (non-hydrogen) atoms.